The van der Waals surface area contributed by atoms with Gasteiger partial charge < -0.3 is 9.64 Å². The summed E-state index contributed by atoms with van der Waals surface area (Å²) in [6, 6.07) is 7.98. The number of nitrogens with zero attached hydrogens (tertiary/aromatic N) is 8. The molecular weight excluding hydrogens is 618 g/mol. The number of aromatic amines is 1. The number of pyridine rings is 2. The van der Waals surface area contributed by atoms with Crippen LogP contribution in [0.1, 0.15) is 63.4 Å². The molecule has 1 atom stereocenters. The van der Waals surface area contributed by atoms with Crippen molar-refractivity contribution < 1.29 is 8.95 Å². The number of halogens is 1. The first-order chi connectivity index (χ1) is 21.1. The molecule has 44 heavy (non-hydrogen) atoms. The van der Waals surface area contributed by atoms with E-state index in [1.807, 2.05) is 32.9 Å². The number of ether oxygens (including phenoxy) is 1. The average Bonchev–Trinajstić information content (AvgIpc) is 3.67. The third kappa shape index (κ3) is 5.33. The molecule has 1 unspecified atom stereocenters. The number of nitriles is 1. The maximum absolute atomic E-state index is 13.1. The van der Waals surface area contributed by atoms with Crippen molar-refractivity contribution in [1.82, 2.24) is 30.1 Å². The second-order valence-corrected chi connectivity index (χ2v) is 15.6. The maximum Gasteiger partial charge on any atom is 0.234 e. The standard InChI is InChI=1S/C30H30ClN9O2S2/c1-29(2,3)44(41)39-24-18-5-4-11-33-19(18)15-30(24)9-13-40(14-10-30)28-35-20(16-32)22-25(36-28)37-38-27(22)43-21-8-12-34-26(23(21)31)42-17-6-7-17/h4-5,8,11-12,17H,6-7,9-10,13-15H2,1-3H3,(H,35,36,37,38). The van der Waals surface area contributed by atoms with Gasteiger partial charge in [-0.25, -0.2) is 14.2 Å². The Morgan fingerprint density at radius 1 is 1.20 bits per heavy atom. The van der Waals surface area contributed by atoms with Crippen molar-refractivity contribution in [2.45, 2.75) is 73.6 Å². The molecule has 226 valence electrons. The van der Waals surface area contributed by atoms with E-state index in [1.165, 1.54) is 11.8 Å². The first-order valence-electron chi connectivity index (χ1n) is 14.5. The van der Waals surface area contributed by atoms with Crippen LogP contribution in [0.2, 0.25) is 5.02 Å². The summed E-state index contributed by atoms with van der Waals surface area (Å²) in [5.41, 5.74) is 3.33. The fraction of sp³-hybridized carbons (Fsp3) is 0.433. The SMILES string of the molecule is CC(C)(C)S(=O)N=C1c2cccnc2CC12CCN(c1nc(C#N)c3c(Sc4ccnc(OC5CC5)c4Cl)n[nH]c3n1)CC2. The molecule has 1 spiro atoms. The first-order valence-corrected chi connectivity index (χ1v) is 16.8. The van der Waals surface area contributed by atoms with Crippen LogP contribution in [-0.4, -0.2) is 64.0 Å². The van der Waals surface area contributed by atoms with E-state index in [4.69, 9.17) is 25.7 Å². The van der Waals surface area contributed by atoms with Crippen LogP contribution in [0.5, 0.6) is 5.88 Å². The summed E-state index contributed by atoms with van der Waals surface area (Å²) in [5.74, 6) is 0.872. The Morgan fingerprint density at radius 3 is 2.73 bits per heavy atom. The lowest BCUT2D eigenvalue weighted by molar-refractivity contribution is 0.290. The number of anilines is 1. The number of piperidine rings is 1. The van der Waals surface area contributed by atoms with Gasteiger partial charge in [-0.15, -0.1) is 0 Å². The van der Waals surface area contributed by atoms with Crippen molar-refractivity contribution in [3.63, 3.8) is 0 Å². The van der Waals surface area contributed by atoms with Gasteiger partial charge in [0.15, 0.2) is 11.3 Å². The molecule has 1 aliphatic heterocycles. The fourth-order valence-corrected chi connectivity index (χ4v) is 7.51. The van der Waals surface area contributed by atoms with Crippen LogP contribution in [0.15, 0.2) is 44.9 Å². The minimum atomic E-state index is -1.39. The normalized spacial score (nSPS) is 19.3. The zero-order valence-electron chi connectivity index (χ0n) is 24.5. The van der Waals surface area contributed by atoms with E-state index in [1.54, 1.807) is 18.5 Å². The van der Waals surface area contributed by atoms with E-state index in [-0.39, 0.29) is 17.2 Å². The zero-order chi connectivity index (χ0) is 30.6. The topological polar surface area (TPSA) is 146 Å². The van der Waals surface area contributed by atoms with Gasteiger partial charge in [0.2, 0.25) is 11.8 Å². The lowest BCUT2D eigenvalue weighted by atomic mass is 9.75. The summed E-state index contributed by atoms with van der Waals surface area (Å²) in [7, 11) is -1.39. The lowest BCUT2D eigenvalue weighted by Gasteiger charge is -2.39. The van der Waals surface area contributed by atoms with Crippen LogP contribution in [0.4, 0.5) is 5.95 Å². The van der Waals surface area contributed by atoms with Crippen molar-refractivity contribution in [3.05, 3.63) is 52.6 Å². The van der Waals surface area contributed by atoms with Gasteiger partial charge in [-0.3, -0.25) is 10.1 Å². The lowest BCUT2D eigenvalue weighted by Crippen LogP contribution is -2.44. The van der Waals surface area contributed by atoms with E-state index in [2.05, 4.69) is 36.1 Å². The van der Waals surface area contributed by atoms with E-state index >= 15 is 0 Å². The number of H-pyrrole nitrogens is 1. The monoisotopic (exact) mass is 647 g/mol. The van der Waals surface area contributed by atoms with Gasteiger partial charge >= 0.3 is 0 Å². The highest BCUT2D eigenvalue weighted by molar-refractivity contribution is 7.99. The molecule has 0 bridgehead atoms. The summed E-state index contributed by atoms with van der Waals surface area (Å²) in [6.07, 6.45) is 7.91. The van der Waals surface area contributed by atoms with Crippen molar-refractivity contribution in [2.24, 2.45) is 9.81 Å². The summed E-state index contributed by atoms with van der Waals surface area (Å²) < 4.78 is 23.3. The molecule has 1 saturated heterocycles. The molecule has 4 aromatic heterocycles. The highest BCUT2D eigenvalue weighted by atomic mass is 35.5. The molecule has 0 radical (unpaired) electrons. The molecule has 3 aliphatic rings. The number of fused-ring (bicyclic) bond motifs is 2. The minimum Gasteiger partial charge on any atom is -0.473 e. The largest absolute Gasteiger partial charge is 0.473 e. The molecule has 0 aromatic carbocycles. The molecule has 1 N–H and O–H groups in total. The molecule has 5 heterocycles. The third-order valence-electron chi connectivity index (χ3n) is 8.17. The molecule has 11 nitrogen and oxygen atoms in total. The molecule has 4 aromatic rings. The van der Waals surface area contributed by atoms with Gasteiger partial charge in [0.05, 0.1) is 21.5 Å². The zero-order valence-corrected chi connectivity index (χ0v) is 26.9. The second kappa shape index (κ2) is 11.1. The van der Waals surface area contributed by atoms with Gasteiger partial charge in [0.1, 0.15) is 33.2 Å². The highest BCUT2D eigenvalue weighted by Gasteiger charge is 2.47. The Morgan fingerprint density at radius 2 is 2.00 bits per heavy atom. The van der Waals surface area contributed by atoms with Gasteiger partial charge in [-0.2, -0.15) is 19.7 Å². The third-order valence-corrected chi connectivity index (χ3v) is 11.1. The number of nitrogens with one attached hydrogen (secondary N) is 1. The average molecular weight is 648 g/mol. The summed E-state index contributed by atoms with van der Waals surface area (Å²) in [4.78, 5) is 21.2. The van der Waals surface area contributed by atoms with Crippen molar-refractivity contribution in [1.29, 1.82) is 5.26 Å². The van der Waals surface area contributed by atoms with Gasteiger partial charge in [0, 0.05) is 47.8 Å². The Bertz CT molecular complexity index is 1870. The predicted molar refractivity (Wildman–Crippen MR) is 170 cm³/mol. The van der Waals surface area contributed by atoms with Crippen LogP contribution in [0, 0.1) is 16.7 Å². The molecule has 7 rings (SSSR count). The maximum atomic E-state index is 13.1. The van der Waals surface area contributed by atoms with Crippen LogP contribution >= 0.6 is 23.4 Å². The Balaban J connectivity index is 1.15. The molecule has 1 saturated carbocycles. The van der Waals surface area contributed by atoms with Gasteiger partial charge in [-0.05, 0) is 64.7 Å². The van der Waals surface area contributed by atoms with E-state index < -0.39 is 15.7 Å². The fourth-order valence-electron chi connectivity index (χ4n) is 5.60. The molecular formula is C30H30ClN9O2S2. The van der Waals surface area contributed by atoms with E-state index in [0.717, 1.165) is 54.0 Å². The van der Waals surface area contributed by atoms with Crippen LogP contribution in [-0.2, 0) is 17.4 Å². The Hall–Kier alpha value is -3.60. The Labute approximate surface area is 266 Å². The van der Waals surface area contributed by atoms with Crippen LogP contribution in [0.25, 0.3) is 11.0 Å². The number of aromatic nitrogens is 6. The first kappa shape index (κ1) is 29.1. The van der Waals surface area contributed by atoms with E-state index in [0.29, 0.717) is 46.0 Å². The van der Waals surface area contributed by atoms with Crippen molar-refractivity contribution in [3.8, 4) is 11.9 Å². The molecule has 14 heteroatoms. The van der Waals surface area contributed by atoms with Crippen LogP contribution in [0.3, 0.4) is 0 Å². The smallest absolute Gasteiger partial charge is 0.234 e. The Kier molecular flexibility index (Phi) is 7.34. The molecule has 2 fully saturated rings. The number of hydrogen-bond donors (Lipinski definition) is 1. The predicted octanol–water partition coefficient (Wildman–Crippen LogP) is 5.45. The van der Waals surface area contributed by atoms with Crippen molar-refractivity contribution >= 4 is 57.0 Å². The minimum absolute atomic E-state index is 0.167. The summed E-state index contributed by atoms with van der Waals surface area (Å²) in [5, 5.41) is 19.1. The summed E-state index contributed by atoms with van der Waals surface area (Å²) in [6.45, 7) is 7.12. The van der Waals surface area contributed by atoms with Crippen LogP contribution < -0.4 is 9.64 Å². The van der Waals surface area contributed by atoms with Gasteiger partial charge in [0.25, 0.3) is 0 Å². The highest BCUT2D eigenvalue weighted by Crippen LogP contribution is 2.46. The quantitative estimate of drug-likeness (QED) is 0.286. The summed E-state index contributed by atoms with van der Waals surface area (Å²) >= 11 is 7.93. The van der Waals surface area contributed by atoms with Crippen molar-refractivity contribution in [2.75, 3.05) is 18.0 Å². The van der Waals surface area contributed by atoms with E-state index in [9.17, 15) is 9.47 Å². The molecule has 2 aliphatic carbocycles. The second-order valence-electron chi connectivity index (χ2n) is 12.3. The number of rotatable bonds is 6. The number of hydrogen-bond acceptors (Lipinski definition) is 10. The molecule has 0 amide bonds. The van der Waals surface area contributed by atoms with Gasteiger partial charge in [-0.1, -0.05) is 23.4 Å².